The monoisotopic (exact) mass is 418 g/mol. The first-order valence-electron chi connectivity index (χ1n) is 9.53. The first-order chi connectivity index (χ1) is 13.4. The second-order valence-electron chi connectivity index (χ2n) is 7.09. The van der Waals surface area contributed by atoms with Crippen molar-refractivity contribution in [2.75, 3.05) is 17.7 Å². The maximum Gasteiger partial charge on any atom is 0.341 e. The lowest BCUT2D eigenvalue weighted by molar-refractivity contribution is -0.115. The summed E-state index contributed by atoms with van der Waals surface area (Å²) in [6.45, 7) is 6.19. The molecule has 0 radical (unpaired) electrons. The predicted octanol–water partition coefficient (Wildman–Crippen LogP) is 4.75. The van der Waals surface area contributed by atoms with Crippen molar-refractivity contribution in [2.24, 2.45) is 5.92 Å². The van der Waals surface area contributed by atoms with Crippen LogP contribution in [0.2, 0.25) is 0 Å². The number of carbonyl (C=O) groups excluding carboxylic acids is 2. The van der Waals surface area contributed by atoms with Crippen LogP contribution in [0.25, 0.3) is 0 Å². The van der Waals surface area contributed by atoms with Crippen LogP contribution >= 0.6 is 23.1 Å². The quantitative estimate of drug-likeness (QED) is 0.402. The summed E-state index contributed by atoms with van der Waals surface area (Å²) in [4.78, 5) is 27.5. The topological polar surface area (TPSA) is 81.4 Å². The van der Waals surface area contributed by atoms with E-state index in [4.69, 9.17) is 10.5 Å². The molecule has 2 unspecified atom stereocenters. The van der Waals surface area contributed by atoms with E-state index in [-0.39, 0.29) is 17.1 Å². The van der Waals surface area contributed by atoms with Crippen LogP contribution in [0, 0.1) is 5.92 Å². The highest BCUT2D eigenvalue weighted by Gasteiger charge is 2.29. The van der Waals surface area contributed by atoms with Gasteiger partial charge in [-0.2, -0.15) is 0 Å². The molecule has 150 valence electrons. The van der Waals surface area contributed by atoms with Gasteiger partial charge in [0.1, 0.15) is 5.00 Å². The van der Waals surface area contributed by atoms with Gasteiger partial charge in [-0.1, -0.05) is 6.92 Å². The van der Waals surface area contributed by atoms with Crippen molar-refractivity contribution in [3.05, 3.63) is 40.3 Å². The summed E-state index contributed by atoms with van der Waals surface area (Å²) in [5.74, 6) is 0.118. The fourth-order valence-corrected chi connectivity index (χ4v) is 5.54. The van der Waals surface area contributed by atoms with Crippen molar-refractivity contribution in [3.63, 3.8) is 0 Å². The number of hydrogen-bond acceptors (Lipinski definition) is 6. The van der Waals surface area contributed by atoms with Crippen LogP contribution in [-0.2, 0) is 22.4 Å². The smallest absolute Gasteiger partial charge is 0.341 e. The number of rotatable bonds is 6. The molecule has 28 heavy (non-hydrogen) atoms. The normalized spacial score (nSPS) is 16.9. The Kier molecular flexibility index (Phi) is 6.67. The van der Waals surface area contributed by atoms with E-state index in [2.05, 4.69) is 12.2 Å². The number of anilines is 2. The van der Waals surface area contributed by atoms with Gasteiger partial charge in [0.25, 0.3) is 0 Å². The average molecular weight is 419 g/mol. The molecule has 0 saturated heterocycles. The van der Waals surface area contributed by atoms with Gasteiger partial charge in [0.15, 0.2) is 0 Å². The number of benzene rings is 1. The molecule has 1 aliphatic carbocycles. The molecule has 7 heteroatoms. The standard InChI is InChI=1S/C21H26N2O3S2/c1-4-26-21(25)18-16-10-5-12(2)11-17(16)28-20(18)23-19(24)13(3)27-15-8-6-14(22)7-9-15/h6-9,12-13H,4-5,10-11,22H2,1-3H3,(H,23,24). The lowest BCUT2D eigenvalue weighted by Gasteiger charge is -2.18. The Hall–Kier alpha value is -1.99. The third-order valence-electron chi connectivity index (χ3n) is 4.79. The number of thiophene rings is 1. The van der Waals surface area contributed by atoms with Crippen LogP contribution in [0.3, 0.4) is 0 Å². The number of thioether (sulfide) groups is 1. The minimum atomic E-state index is -0.344. The molecule has 1 heterocycles. The molecule has 0 aliphatic heterocycles. The number of nitrogen functional groups attached to an aromatic ring is 1. The van der Waals surface area contributed by atoms with E-state index in [9.17, 15) is 9.59 Å². The van der Waals surface area contributed by atoms with Gasteiger partial charge in [-0.25, -0.2) is 4.79 Å². The molecule has 1 aromatic carbocycles. The summed E-state index contributed by atoms with van der Waals surface area (Å²) in [7, 11) is 0. The van der Waals surface area contributed by atoms with Crippen molar-refractivity contribution in [1.29, 1.82) is 0 Å². The van der Waals surface area contributed by atoms with Gasteiger partial charge in [0.2, 0.25) is 5.91 Å². The molecular weight excluding hydrogens is 392 g/mol. The summed E-state index contributed by atoms with van der Waals surface area (Å²) in [6, 6.07) is 7.44. The van der Waals surface area contributed by atoms with Crippen LogP contribution < -0.4 is 11.1 Å². The van der Waals surface area contributed by atoms with Gasteiger partial charge in [-0.15, -0.1) is 23.1 Å². The Labute approximate surface area is 174 Å². The highest BCUT2D eigenvalue weighted by Crippen LogP contribution is 2.40. The number of amides is 1. The maximum absolute atomic E-state index is 12.8. The number of esters is 1. The minimum Gasteiger partial charge on any atom is -0.462 e. The van der Waals surface area contributed by atoms with Crippen LogP contribution in [0.15, 0.2) is 29.2 Å². The predicted molar refractivity (Wildman–Crippen MR) is 116 cm³/mol. The molecule has 1 aromatic heterocycles. The minimum absolute atomic E-state index is 0.126. The second kappa shape index (κ2) is 9.01. The van der Waals surface area contributed by atoms with Crippen LogP contribution in [-0.4, -0.2) is 23.7 Å². The second-order valence-corrected chi connectivity index (χ2v) is 9.61. The number of fused-ring (bicyclic) bond motifs is 1. The number of carbonyl (C=O) groups is 2. The van der Waals surface area contributed by atoms with Gasteiger partial charge in [-0.3, -0.25) is 4.79 Å². The number of nitrogens with two attached hydrogens (primary N) is 1. The lowest BCUT2D eigenvalue weighted by atomic mass is 9.88. The van der Waals surface area contributed by atoms with Gasteiger partial charge in [-0.05, 0) is 68.9 Å². The van der Waals surface area contributed by atoms with E-state index in [1.165, 1.54) is 28.0 Å². The molecule has 0 saturated carbocycles. The number of hydrogen-bond donors (Lipinski definition) is 2. The molecule has 1 aliphatic rings. The molecular formula is C21H26N2O3S2. The summed E-state index contributed by atoms with van der Waals surface area (Å²) in [5.41, 5.74) is 8.01. The Balaban J connectivity index is 1.79. The molecule has 0 fully saturated rings. The first-order valence-corrected chi connectivity index (χ1v) is 11.2. The fraction of sp³-hybridized carbons (Fsp3) is 0.429. The number of ether oxygens (including phenoxy) is 1. The van der Waals surface area contributed by atoms with E-state index in [1.54, 1.807) is 6.92 Å². The Morgan fingerprint density at radius 1 is 1.36 bits per heavy atom. The molecule has 2 atom stereocenters. The van der Waals surface area contributed by atoms with Crippen LogP contribution in [0.5, 0.6) is 0 Å². The Bertz CT molecular complexity index is 861. The maximum atomic E-state index is 12.8. The van der Waals surface area contributed by atoms with Crippen molar-refractivity contribution in [2.45, 2.75) is 50.2 Å². The fourth-order valence-electron chi connectivity index (χ4n) is 3.28. The number of nitrogens with one attached hydrogen (secondary N) is 1. The van der Waals surface area contributed by atoms with E-state index in [0.29, 0.717) is 28.8 Å². The van der Waals surface area contributed by atoms with Gasteiger partial charge in [0.05, 0.1) is 17.4 Å². The molecule has 0 bridgehead atoms. The van der Waals surface area contributed by atoms with Crippen LogP contribution in [0.1, 0.15) is 48.0 Å². The third-order valence-corrected chi connectivity index (χ3v) is 7.07. The zero-order valence-corrected chi connectivity index (χ0v) is 18.0. The molecule has 1 amide bonds. The summed E-state index contributed by atoms with van der Waals surface area (Å²) in [5, 5.41) is 3.30. The molecule has 3 rings (SSSR count). The molecule has 3 N–H and O–H groups in total. The molecule has 5 nitrogen and oxygen atoms in total. The zero-order chi connectivity index (χ0) is 20.3. The summed E-state index contributed by atoms with van der Waals surface area (Å²) < 4.78 is 5.27. The van der Waals surface area contributed by atoms with E-state index >= 15 is 0 Å². The lowest BCUT2D eigenvalue weighted by Crippen LogP contribution is -2.23. The Morgan fingerprint density at radius 3 is 2.75 bits per heavy atom. The third kappa shape index (κ3) is 4.70. The van der Waals surface area contributed by atoms with Crippen molar-refractivity contribution in [3.8, 4) is 0 Å². The van der Waals surface area contributed by atoms with E-state index in [0.717, 1.165) is 29.7 Å². The van der Waals surface area contributed by atoms with E-state index in [1.807, 2.05) is 31.2 Å². The first kappa shape index (κ1) is 20.7. The van der Waals surface area contributed by atoms with Crippen molar-refractivity contribution in [1.82, 2.24) is 0 Å². The van der Waals surface area contributed by atoms with Gasteiger partial charge >= 0.3 is 5.97 Å². The summed E-state index contributed by atoms with van der Waals surface area (Å²) >= 11 is 2.98. The van der Waals surface area contributed by atoms with Gasteiger partial charge < -0.3 is 15.8 Å². The molecule has 2 aromatic rings. The summed E-state index contributed by atoms with van der Waals surface area (Å²) in [6.07, 6.45) is 2.84. The van der Waals surface area contributed by atoms with Crippen molar-refractivity contribution >= 4 is 45.7 Å². The average Bonchev–Trinajstić information content (AvgIpc) is 3.00. The highest BCUT2D eigenvalue weighted by atomic mass is 32.2. The zero-order valence-electron chi connectivity index (χ0n) is 16.4. The SMILES string of the molecule is CCOC(=O)c1c(NC(=O)C(C)Sc2ccc(N)cc2)sc2c1CCC(C)C2. The van der Waals surface area contributed by atoms with Crippen LogP contribution in [0.4, 0.5) is 10.7 Å². The van der Waals surface area contributed by atoms with Crippen molar-refractivity contribution < 1.29 is 14.3 Å². The Morgan fingerprint density at radius 2 is 2.07 bits per heavy atom. The largest absolute Gasteiger partial charge is 0.462 e. The highest BCUT2D eigenvalue weighted by molar-refractivity contribution is 8.00. The van der Waals surface area contributed by atoms with Gasteiger partial charge in [0, 0.05) is 15.5 Å². The molecule has 0 spiro atoms. The van der Waals surface area contributed by atoms with E-state index < -0.39 is 0 Å².